The Hall–Kier alpha value is -5.65. The standard InChI is InChI=1S/C32H31N11O/c1-2-11-37-32(44)25-17-23(28-19-42(40-38-28)26-7-3-21(4-8-26)30-33-12-13-34-30)16-24(18-25)29-20-43(41-39-29)27-9-5-22(6-10-27)31-35-14-15-36-31/h3-10,16-20H,2,11-15H2,1H3,(H,33,34)(H,35,36)(H,37,44). The number of carbonyl (C=O) groups is 1. The van der Waals surface area contributed by atoms with Crippen LogP contribution >= 0.6 is 0 Å². The average molecular weight is 586 g/mol. The number of hydrogen-bond donors (Lipinski definition) is 3. The summed E-state index contributed by atoms with van der Waals surface area (Å²) in [5.41, 5.74) is 7.08. The number of amides is 1. The molecule has 0 spiro atoms. The van der Waals surface area contributed by atoms with E-state index in [0.29, 0.717) is 23.5 Å². The van der Waals surface area contributed by atoms with E-state index in [1.54, 1.807) is 9.36 Å². The molecule has 0 saturated carbocycles. The van der Waals surface area contributed by atoms with Crippen molar-refractivity contribution in [3.8, 4) is 33.9 Å². The second-order valence-corrected chi connectivity index (χ2v) is 10.6. The van der Waals surface area contributed by atoms with Gasteiger partial charge in [-0.15, -0.1) is 10.2 Å². The van der Waals surface area contributed by atoms with Gasteiger partial charge in [0.25, 0.3) is 5.91 Å². The van der Waals surface area contributed by atoms with Crippen LogP contribution in [0.2, 0.25) is 0 Å². The van der Waals surface area contributed by atoms with Gasteiger partial charge in [-0.3, -0.25) is 14.8 Å². The third-order valence-corrected chi connectivity index (χ3v) is 7.47. The quantitative estimate of drug-likeness (QED) is 0.242. The van der Waals surface area contributed by atoms with Crippen molar-refractivity contribution in [2.45, 2.75) is 13.3 Å². The molecule has 7 rings (SSSR count). The summed E-state index contributed by atoms with van der Waals surface area (Å²) >= 11 is 0. The highest BCUT2D eigenvalue weighted by Crippen LogP contribution is 2.27. The Morgan fingerprint density at radius 3 is 1.66 bits per heavy atom. The summed E-state index contributed by atoms with van der Waals surface area (Å²) in [7, 11) is 0. The number of aromatic nitrogens is 6. The van der Waals surface area contributed by atoms with E-state index in [2.05, 4.69) is 46.6 Å². The van der Waals surface area contributed by atoms with Gasteiger partial charge in [-0.25, -0.2) is 9.36 Å². The predicted octanol–water partition coefficient (Wildman–Crippen LogP) is 3.02. The highest BCUT2D eigenvalue weighted by atomic mass is 16.1. The SMILES string of the molecule is CCCNC(=O)c1cc(-c2cn(-c3ccc(C4=NCCN4)cc3)nn2)cc(-c2cn(-c3ccc(C4=NCCN4)cc3)nn2)c1. The van der Waals surface area contributed by atoms with Gasteiger partial charge in [0.05, 0.1) is 36.9 Å². The molecule has 44 heavy (non-hydrogen) atoms. The van der Waals surface area contributed by atoms with Gasteiger partial charge in [0.15, 0.2) is 0 Å². The second-order valence-electron chi connectivity index (χ2n) is 10.6. The molecule has 4 heterocycles. The fourth-order valence-electron chi connectivity index (χ4n) is 5.17. The van der Waals surface area contributed by atoms with Crippen LogP contribution < -0.4 is 16.0 Å². The Kier molecular flexibility index (Phi) is 7.37. The third-order valence-electron chi connectivity index (χ3n) is 7.47. The van der Waals surface area contributed by atoms with Gasteiger partial charge in [0, 0.05) is 47.5 Å². The van der Waals surface area contributed by atoms with Crippen molar-refractivity contribution in [2.75, 3.05) is 32.7 Å². The van der Waals surface area contributed by atoms with Crippen LogP contribution in [0.3, 0.4) is 0 Å². The van der Waals surface area contributed by atoms with Crippen molar-refractivity contribution >= 4 is 17.6 Å². The number of amidine groups is 2. The first kappa shape index (κ1) is 27.2. The van der Waals surface area contributed by atoms with Crippen LogP contribution in [0, 0.1) is 0 Å². The number of nitrogens with one attached hydrogen (secondary N) is 3. The molecule has 2 aromatic heterocycles. The summed E-state index contributed by atoms with van der Waals surface area (Å²) in [5, 5.41) is 27.2. The first-order chi connectivity index (χ1) is 21.6. The van der Waals surface area contributed by atoms with Gasteiger partial charge in [0.1, 0.15) is 23.1 Å². The van der Waals surface area contributed by atoms with E-state index in [9.17, 15) is 4.79 Å². The zero-order valence-electron chi connectivity index (χ0n) is 24.2. The molecule has 1 amide bonds. The van der Waals surface area contributed by atoms with E-state index in [0.717, 1.165) is 77.9 Å². The molecule has 3 N–H and O–H groups in total. The fraction of sp³-hybridized carbons (Fsp3) is 0.219. The van der Waals surface area contributed by atoms with Crippen LogP contribution in [0.25, 0.3) is 33.9 Å². The van der Waals surface area contributed by atoms with E-state index >= 15 is 0 Å². The second kappa shape index (κ2) is 11.9. The summed E-state index contributed by atoms with van der Waals surface area (Å²) < 4.78 is 3.44. The maximum absolute atomic E-state index is 13.1. The van der Waals surface area contributed by atoms with Gasteiger partial charge in [-0.05, 0) is 73.2 Å². The van der Waals surface area contributed by atoms with Crippen LogP contribution in [-0.2, 0) is 0 Å². The van der Waals surface area contributed by atoms with E-state index in [1.165, 1.54) is 0 Å². The summed E-state index contributed by atoms with van der Waals surface area (Å²) in [6, 6.07) is 21.6. The summed E-state index contributed by atoms with van der Waals surface area (Å²) in [6.07, 6.45) is 4.55. The molecule has 0 unspecified atom stereocenters. The molecule has 5 aromatic rings. The number of hydrogen-bond acceptors (Lipinski definition) is 9. The van der Waals surface area contributed by atoms with Crippen molar-refractivity contribution in [1.29, 1.82) is 0 Å². The number of aliphatic imine (C=N–C) groups is 2. The molecule has 0 atom stereocenters. The molecular formula is C32H31N11O. The van der Waals surface area contributed by atoms with Crippen molar-refractivity contribution in [3.05, 3.63) is 95.8 Å². The molecule has 2 aliphatic rings. The smallest absolute Gasteiger partial charge is 0.251 e. The minimum atomic E-state index is -0.159. The van der Waals surface area contributed by atoms with Gasteiger partial charge < -0.3 is 16.0 Å². The molecule has 3 aromatic carbocycles. The minimum Gasteiger partial charge on any atom is -0.368 e. The van der Waals surface area contributed by atoms with E-state index in [4.69, 9.17) is 0 Å². The fourth-order valence-corrected chi connectivity index (χ4v) is 5.17. The van der Waals surface area contributed by atoms with Crippen molar-refractivity contribution in [1.82, 2.24) is 45.9 Å². The number of nitrogens with zero attached hydrogens (tertiary/aromatic N) is 8. The Bertz CT molecular complexity index is 1740. The topological polar surface area (TPSA) is 139 Å². The van der Waals surface area contributed by atoms with Gasteiger partial charge in [-0.1, -0.05) is 17.4 Å². The number of benzene rings is 3. The highest BCUT2D eigenvalue weighted by Gasteiger charge is 2.16. The lowest BCUT2D eigenvalue weighted by Crippen LogP contribution is -2.24. The molecule has 12 heteroatoms. The lowest BCUT2D eigenvalue weighted by Gasteiger charge is -2.08. The Morgan fingerprint density at radius 2 is 1.23 bits per heavy atom. The lowest BCUT2D eigenvalue weighted by molar-refractivity contribution is 0.0953. The number of carbonyl (C=O) groups excluding carboxylic acids is 1. The molecule has 0 saturated heterocycles. The van der Waals surface area contributed by atoms with E-state index < -0.39 is 0 Å². The van der Waals surface area contributed by atoms with E-state index in [-0.39, 0.29) is 5.91 Å². The first-order valence-electron chi connectivity index (χ1n) is 14.7. The van der Waals surface area contributed by atoms with Gasteiger partial charge in [0.2, 0.25) is 0 Å². The van der Waals surface area contributed by atoms with Crippen LogP contribution in [0.1, 0.15) is 34.8 Å². The predicted molar refractivity (Wildman–Crippen MR) is 169 cm³/mol. The zero-order valence-corrected chi connectivity index (χ0v) is 24.2. The van der Waals surface area contributed by atoms with Gasteiger partial charge >= 0.3 is 0 Å². The maximum atomic E-state index is 13.1. The van der Waals surface area contributed by atoms with Crippen LogP contribution in [0.4, 0.5) is 0 Å². The molecule has 0 aliphatic carbocycles. The Balaban J connectivity index is 1.18. The maximum Gasteiger partial charge on any atom is 0.251 e. The number of rotatable bonds is 9. The average Bonchev–Trinajstić information content (AvgIpc) is 3.91. The molecule has 0 bridgehead atoms. The lowest BCUT2D eigenvalue weighted by atomic mass is 10.0. The normalized spacial score (nSPS) is 14.1. The van der Waals surface area contributed by atoms with Gasteiger partial charge in [-0.2, -0.15) is 0 Å². The molecule has 12 nitrogen and oxygen atoms in total. The third kappa shape index (κ3) is 5.56. The van der Waals surface area contributed by atoms with E-state index in [1.807, 2.05) is 86.0 Å². The summed E-state index contributed by atoms with van der Waals surface area (Å²) in [5.74, 6) is 1.66. The van der Waals surface area contributed by atoms with Crippen molar-refractivity contribution in [3.63, 3.8) is 0 Å². The van der Waals surface area contributed by atoms with Crippen LogP contribution in [0.15, 0.2) is 89.1 Å². The van der Waals surface area contributed by atoms with Crippen molar-refractivity contribution in [2.24, 2.45) is 9.98 Å². The molecule has 2 aliphatic heterocycles. The zero-order chi connectivity index (χ0) is 29.9. The molecule has 220 valence electrons. The Morgan fingerprint density at radius 1 is 0.727 bits per heavy atom. The summed E-state index contributed by atoms with van der Waals surface area (Å²) in [4.78, 5) is 22.0. The molecular weight excluding hydrogens is 554 g/mol. The summed E-state index contributed by atoms with van der Waals surface area (Å²) in [6.45, 7) is 5.91. The van der Waals surface area contributed by atoms with Crippen LogP contribution in [-0.4, -0.2) is 80.3 Å². The molecule has 0 fully saturated rings. The molecule has 0 radical (unpaired) electrons. The monoisotopic (exact) mass is 585 g/mol. The first-order valence-corrected chi connectivity index (χ1v) is 14.7. The van der Waals surface area contributed by atoms with Crippen molar-refractivity contribution < 1.29 is 4.79 Å². The highest BCUT2D eigenvalue weighted by molar-refractivity contribution is 6.00. The Labute approximate surface area is 253 Å². The largest absolute Gasteiger partial charge is 0.368 e. The minimum absolute atomic E-state index is 0.159. The van der Waals surface area contributed by atoms with Crippen LogP contribution in [0.5, 0.6) is 0 Å².